The maximum Gasteiger partial charge on any atom is 0.225 e. The number of piperidine rings is 1. The van der Waals surface area contributed by atoms with E-state index >= 15 is 0 Å². The van der Waals surface area contributed by atoms with Crippen molar-refractivity contribution in [2.75, 3.05) is 31.2 Å². The highest BCUT2D eigenvalue weighted by Crippen LogP contribution is 2.48. The van der Waals surface area contributed by atoms with Crippen molar-refractivity contribution in [2.24, 2.45) is 11.3 Å². The molecule has 5 rings (SSSR count). The van der Waals surface area contributed by atoms with Gasteiger partial charge in [0.25, 0.3) is 0 Å². The highest BCUT2D eigenvalue weighted by molar-refractivity contribution is 5.79. The van der Waals surface area contributed by atoms with Crippen LogP contribution < -0.4 is 10.2 Å². The van der Waals surface area contributed by atoms with Crippen molar-refractivity contribution in [1.82, 2.24) is 15.3 Å². The van der Waals surface area contributed by atoms with Crippen LogP contribution in [0.2, 0.25) is 0 Å². The lowest BCUT2D eigenvalue weighted by Gasteiger charge is -2.51. The van der Waals surface area contributed by atoms with Gasteiger partial charge < -0.3 is 19.7 Å². The van der Waals surface area contributed by atoms with Crippen molar-refractivity contribution in [2.45, 2.75) is 51.4 Å². The molecule has 4 heterocycles. The molecule has 0 bridgehead atoms. The summed E-state index contributed by atoms with van der Waals surface area (Å²) in [4.78, 5) is 24.2. The fourth-order valence-corrected chi connectivity index (χ4v) is 4.82. The van der Waals surface area contributed by atoms with Gasteiger partial charge >= 0.3 is 0 Å². The van der Waals surface area contributed by atoms with Gasteiger partial charge in [-0.25, -0.2) is 9.97 Å². The first kappa shape index (κ1) is 16.4. The second-order valence-electron chi connectivity index (χ2n) is 8.34. The summed E-state index contributed by atoms with van der Waals surface area (Å²) in [6.07, 6.45) is 7.55. The van der Waals surface area contributed by atoms with E-state index in [0.29, 0.717) is 31.8 Å². The van der Waals surface area contributed by atoms with Crippen LogP contribution in [0.25, 0.3) is 0 Å². The molecule has 1 aliphatic carbocycles. The van der Waals surface area contributed by atoms with Crippen LogP contribution in [0.3, 0.4) is 0 Å². The Kier molecular flexibility index (Phi) is 4.09. The van der Waals surface area contributed by atoms with Crippen LogP contribution >= 0.6 is 0 Å². The van der Waals surface area contributed by atoms with E-state index < -0.39 is 0 Å². The highest BCUT2D eigenvalue weighted by atomic mass is 16.5. The third kappa shape index (κ3) is 2.97. The summed E-state index contributed by atoms with van der Waals surface area (Å²) in [5, 5.41) is 3.30. The van der Waals surface area contributed by atoms with Crippen molar-refractivity contribution < 1.29 is 14.3 Å². The Labute approximate surface area is 153 Å². The number of nitrogens with one attached hydrogen (secondary N) is 1. The summed E-state index contributed by atoms with van der Waals surface area (Å²) in [6.45, 7) is 4.21. The molecule has 2 atom stereocenters. The SMILES string of the molecule is O=C(NC1CN(c2ncc3c(n2)COC3)CC2(CCC2)C1)C1CCOC1. The van der Waals surface area contributed by atoms with E-state index in [1.165, 1.54) is 19.3 Å². The molecule has 1 amide bonds. The van der Waals surface area contributed by atoms with E-state index in [-0.39, 0.29) is 17.9 Å². The molecule has 2 unspecified atom stereocenters. The molecule has 7 heteroatoms. The Bertz CT molecular complexity index is 700. The molecule has 0 aromatic carbocycles. The fourth-order valence-electron chi connectivity index (χ4n) is 4.82. The van der Waals surface area contributed by atoms with E-state index in [4.69, 9.17) is 14.5 Å². The number of hydrogen-bond acceptors (Lipinski definition) is 6. The lowest BCUT2D eigenvalue weighted by molar-refractivity contribution is -0.126. The number of rotatable bonds is 3. The number of ether oxygens (including phenoxy) is 2. The summed E-state index contributed by atoms with van der Waals surface area (Å²) in [7, 11) is 0. The Morgan fingerprint density at radius 2 is 2.23 bits per heavy atom. The van der Waals surface area contributed by atoms with Gasteiger partial charge in [-0.2, -0.15) is 0 Å². The Hall–Kier alpha value is -1.73. The molecule has 1 saturated carbocycles. The first-order chi connectivity index (χ1) is 12.7. The monoisotopic (exact) mass is 358 g/mol. The van der Waals surface area contributed by atoms with Crippen molar-refractivity contribution in [3.05, 3.63) is 17.5 Å². The fraction of sp³-hybridized carbons (Fsp3) is 0.737. The summed E-state index contributed by atoms with van der Waals surface area (Å²) in [5.74, 6) is 0.937. The molecular weight excluding hydrogens is 332 g/mol. The number of hydrogen-bond donors (Lipinski definition) is 1. The van der Waals surface area contributed by atoms with Crippen molar-refractivity contribution in [3.63, 3.8) is 0 Å². The molecular formula is C19H26N4O3. The molecule has 26 heavy (non-hydrogen) atoms. The number of carbonyl (C=O) groups excluding carboxylic acids is 1. The Morgan fingerprint density at radius 1 is 1.31 bits per heavy atom. The zero-order valence-corrected chi connectivity index (χ0v) is 15.1. The quantitative estimate of drug-likeness (QED) is 0.880. The van der Waals surface area contributed by atoms with Crippen LogP contribution in [0.4, 0.5) is 5.95 Å². The van der Waals surface area contributed by atoms with E-state index in [2.05, 4.69) is 15.2 Å². The standard InChI is InChI=1S/C19H26N4O3/c24-17(13-2-5-25-9-13)21-15-6-19(3-1-4-19)12-23(8-15)18-20-7-14-10-26-11-16(14)22-18/h7,13,15H,1-6,8-12H2,(H,21,24). The lowest BCUT2D eigenvalue weighted by Crippen LogP contribution is -2.58. The summed E-state index contributed by atoms with van der Waals surface area (Å²) < 4.78 is 10.8. The van der Waals surface area contributed by atoms with Gasteiger partial charge in [-0.15, -0.1) is 0 Å². The maximum atomic E-state index is 12.6. The summed E-state index contributed by atoms with van der Waals surface area (Å²) in [5.41, 5.74) is 2.41. The third-order valence-corrected chi connectivity index (χ3v) is 6.43. The average Bonchev–Trinajstić information content (AvgIpc) is 3.31. The van der Waals surface area contributed by atoms with E-state index in [1.807, 2.05) is 6.20 Å². The zero-order chi connectivity index (χ0) is 17.6. The molecule has 1 aromatic rings. The number of amides is 1. The number of carbonyl (C=O) groups is 1. The molecule has 4 aliphatic rings. The first-order valence-corrected chi connectivity index (χ1v) is 9.76. The molecule has 2 saturated heterocycles. The van der Waals surface area contributed by atoms with E-state index in [1.54, 1.807) is 0 Å². The number of fused-ring (bicyclic) bond motifs is 1. The van der Waals surface area contributed by atoms with Gasteiger partial charge in [0, 0.05) is 37.5 Å². The van der Waals surface area contributed by atoms with Crippen LogP contribution in [0, 0.1) is 11.3 Å². The minimum absolute atomic E-state index is 0.0103. The zero-order valence-electron chi connectivity index (χ0n) is 15.1. The number of anilines is 1. The Morgan fingerprint density at radius 3 is 3.00 bits per heavy atom. The van der Waals surface area contributed by atoms with Crippen molar-refractivity contribution in [3.8, 4) is 0 Å². The van der Waals surface area contributed by atoms with Crippen LogP contribution in [0.1, 0.15) is 43.4 Å². The molecule has 1 N–H and O–H groups in total. The van der Waals surface area contributed by atoms with Gasteiger partial charge in [-0.3, -0.25) is 4.79 Å². The normalized spacial score (nSPS) is 29.5. The van der Waals surface area contributed by atoms with Crippen LogP contribution in [-0.2, 0) is 27.5 Å². The van der Waals surface area contributed by atoms with Gasteiger partial charge in [-0.1, -0.05) is 6.42 Å². The second kappa shape index (κ2) is 6.46. The van der Waals surface area contributed by atoms with E-state index in [0.717, 1.165) is 43.1 Å². The van der Waals surface area contributed by atoms with Gasteiger partial charge in [0.1, 0.15) is 0 Å². The van der Waals surface area contributed by atoms with Crippen LogP contribution in [0.15, 0.2) is 6.20 Å². The predicted molar refractivity (Wildman–Crippen MR) is 94.5 cm³/mol. The van der Waals surface area contributed by atoms with Gasteiger partial charge in [0.2, 0.25) is 11.9 Å². The number of aromatic nitrogens is 2. The smallest absolute Gasteiger partial charge is 0.225 e. The minimum Gasteiger partial charge on any atom is -0.381 e. The Balaban J connectivity index is 1.33. The average molecular weight is 358 g/mol. The second-order valence-corrected chi connectivity index (χ2v) is 8.34. The highest BCUT2D eigenvalue weighted by Gasteiger charge is 2.45. The largest absolute Gasteiger partial charge is 0.381 e. The van der Waals surface area contributed by atoms with Crippen molar-refractivity contribution in [1.29, 1.82) is 0 Å². The lowest BCUT2D eigenvalue weighted by atomic mass is 9.63. The molecule has 1 spiro atoms. The minimum atomic E-state index is 0.0103. The van der Waals surface area contributed by atoms with Gasteiger partial charge in [0.05, 0.1) is 31.4 Å². The molecule has 3 aliphatic heterocycles. The summed E-state index contributed by atoms with van der Waals surface area (Å²) in [6, 6.07) is 0.158. The molecule has 140 valence electrons. The van der Waals surface area contributed by atoms with Crippen LogP contribution in [-0.4, -0.2) is 48.2 Å². The molecule has 0 radical (unpaired) electrons. The maximum absolute atomic E-state index is 12.6. The van der Waals surface area contributed by atoms with Gasteiger partial charge in [-0.05, 0) is 31.1 Å². The number of nitrogens with zero attached hydrogens (tertiary/aromatic N) is 3. The topological polar surface area (TPSA) is 76.6 Å². The predicted octanol–water partition coefficient (Wildman–Crippen LogP) is 1.41. The first-order valence-electron chi connectivity index (χ1n) is 9.76. The third-order valence-electron chi connectivity index (χ3n) is 6.43. The van der Waals surface area contributed by atoms with Crippen molar-refractivity contribution >= 4 is 11.9 Å². The summed E-state index contributed by atoms with van der Waals surface area (Å²) >= 11 is 0. The molecule has 1 aromatic heterocycles. The van der Waals surface area contributed by atoms with E-state index in [9.17, 15) is 4.79 Å². The molecule has 7 nitrogen and oxygen atoms in total. The molecule has 3 fully saturated rings. The van der Waals surface area contributed by atoms with Crippen LogP contribution in [0.5, 0.6) is 0 Å². The van der Waals surface area contributed by atoms with Gasteiger partial charge in [0.15, 0.2) is 0 Å².